The van der Waals surface area contributed by atoms with E-state index in [1.54, 1.807) is 18.2 Å². The van der Waals surface area contributed by atoms with Crippen LogP contribution in [0.2, 0.25) is 0 Å². The van der Waals surface area contributed by atoms with Gasteiger partial charge >= 0.3 is 0 Å². The molecular formula is C12H18N2O3S. The third-order valence-corrected chi connectivity index (χ3v) is 4.84. The average Bonchev–Trinajstić information content (AvgIpc) is 2.37. The molecule has 18 heavy (non-hydrogen) atoms. The molecule has 0 aliphatic rings. The molecule has 1 aromatic rings. The van der Waals surface area contributed by atoms with E-state index in [9.17, 15) is 13.2 Å². The van der Waals surface area contributed by atoms with Crippen LogP contribution in [0.15, 0.2) is 24.3 Å². The smallest absolute Gasteiger partial charge is 0.242 e. The summed E-state index contributed by atoms with van der Waals surface area (Å²) in [5.41, 5.74) is 6.92. The summed E-state index contributed by atoms with van der Waals surface area (Å²) >= 11 is 0. The first-order valence-corrected chi connectivity index (χ1v) is 7.43. The van der Waals surface area contributed by atoms with Gasteiger partial charge in [0.25, 0.3) is 0 Å². The normalized spacial score (nSPS) is 13.1. The minimum Gasteiger partial charge on any atom is -0.326 e. The molecule has 0 saturated carbocycles. The van der Waals surface area contributed by atoms with Crippen molar-refractivity contribution in [2.75, 3.05) is 11.1 Å². The van der Waals surface area contributed by atoms with Crippen molar-refractivity contribution in [2.24, 2.45) is 5.73 Å². The van der Waals surface area contributed by atoms with Gasteiger partial charge in [-0.25, -0.2) is 8.42 Å². The minimum atomic E-state index is -3.37. The van der Waals surface area contributed by atoms with Gasteiger partial charge in [0.2, 0.25) is 5.91 Å². The summed E-state index contributed by atoms with van der Waals surface area (Å²) in [6.07, 6.45) is 0. The molecule has 0 fully saturated rings. The van der Waals surface area contributed by atoms with Crippen molar-refractivity contribution < 1.29 is 13.2 Å². The largest absolute Gasteiger partial charge is 0.326 e. The average molecular weight is 270 g/mol. The van der Waals surface area contributed by atoms with Gasteiger partial charge in [-0.2, -0.15) is 0 Å². The predicted octanol–water partition coefficient (Wildman–Crippen LogP) is 0.907. The number of hydrogen-bond donors (Lipinski definition) is 2. The molecule has 0 aliphatic heterocycles. The first-order valence-electron chi connectivity index (χ1n) is 5.72. The van der Waals surface area contributed by atoms with Gasteiger partial charge in [-0.05, 0) is 24.6 Å². The van der Waals surface area contributed by atoms with Crippen LogP contribution in [0.5, 0.6) is 0 Å². The quantitative estimate of drug-likeness (QED) is 0.832. The first kappa shape index (κ1) is 14.7. The van der Waals surface area contributed by atoms with Crippen LogP contribution >= 0.6 is 0 Å². The third-order valence-electron chi connectivity index (χ3n) is 2.74. The van der Waals surface area contributed by atoms with E-state index in [-0.39, 0.29) is 5.75 Å². The van der Waals surface area contributed by atoms with Crippen LogP contribution in [-0.4, -0.2) is 25.3 Å². The molecule has 100 valence electrons. The highest BCUT2D eigenvalue weighted by atomic mass is 32.2. The summed E-state index contributed by atoms with van der Waals surface area (Å²) in [5, 5.41) is 1.53. The number of benzene rings is 1. The van der Waals surface area contributed by atoms with E-state index in [4.69, 9.17) is 5.73 Å². The van der Waals surface area contributed by atoms with Crippen molar-refractivity contribution in [3.05, 3.63) is 29.8 Å². The molecule has 1 atom stereocenters. The molecule has 0 heterocycles. The van der Waals surface area contributed by atoms with Crippen LogP contribution in [0.1, 0.15) is 19.4 Å². The SMILES string of the molecule is CCS(=O)(=O)C(C)C(=O)Nc1cccc(CN)c1. The Morgan fingerprint density at radius 1 is 1.44 bits per heavy atom. The predicted molar refractivity (Wildman–Crippen MR) is 71.9 cm³/mol. The van der Waals surface area contributed by atoms with Gasteiger partial charge in [0.1, 0.15) is 5.25 Å². The van der Waals surface area contributed by atoms with E-state index in [1.165, 1.54) is 13.8 Å². The molecule has 5 nitrogen and oxygen atoms in total. The fourth-order valence-corrected chi connectivity index (χ4v) is 2.32. The lowest BCUT2D eigenvalue weighted by Crippen LogP contribution is -2.33. The highest BCUT2D eigenvalue weighted by Gasteiger charge is 2.26. The Morgan fingerprint density at radius 2 is 2.11 bits per heavy atom. The molecule has 1 unspecified atom stereocenters. The summed E-state index contributed by atoms with van der Waals surface area (Å²) in [7, 11) is -3.37. The number of anilines is 1. The van der Waals surface area contributed by atoms with Gasteiger partial charge in [0.05, 0.1) is 0 Å². The fraction of sp³-hybridized carbons (Fsp3) is 0.417. The van der Waals surface area contributed by atoms with Crippen molar-refractivity contribution in [1.82, 2.24) is 0 Å². The van der Waals surface area contributed by atoms with E-state index >= 15 is 0 Å². The van der Waals surface area contributed by atoms with Gasteiger partial charge in [-0.15, -0.1) is 0 Å². The Labute approximate surface area is 107 Å². The van der Waals surface area contributed by atoms with Crippen molar-refractivity contribution in [1.29, 1.82) is 0 Å². The molecule has 0 radical (unpaired) electrons. The second kappa shape index (κ2) is 5.97. The van der Waals surface area contributed by atoms with E-state index < -0.39 is 21.0 Å². The Balaban J connectivity index is 2.81. The number of nitrogens with two attached hydrogens (primary N) is 1. The molecule has 1 aromatic carbocycles. The molecule has 0 aliphatic carbocycles. The van der Waals surface area contributed by atoms with Gasteiger partial charge in [0.15, 0.2) is 9.84 Å². The van der Waals surface area contributed by atoms with Gasteiger partial charge < -0.3 is 11.1 Å². The van der Waals surface area contributed by atoms with E-state index in [2.05, 4.69) is 5.32 Å². The topological polar surface area (TPSA) is 89.3 Å². The molecule has 0 bridgehead atoms. The molecule has 0 spiro atoms. The van der Waals surface area contributed by atoms with Crippen molar-refractivity contribution in [3.63, 3.8) is 0 Å². The van der Waals surface area contributed by atoms with Crippen molar-refractivity contribution in [2.45, 2.75) is 25.6 Å². The Morgan fingerprint density at radius 3 is 2.67 bits per heavy atom. The maximum atomic E-state index is 11.8. The maximum absolute atomic E-state index is 11.8. The zero-order chi connectivity index (χ0) is 13.8. The van der Waals surface area contributed by atoms with Crippen molar-refractivity contribution >= 4 is 21.4 Å². The standard InChI is InChI=1S/C12H18N2O3S/c1-3-18(16,17)9(2)12(15)14-11-6-4-5-10(7-11)8-13/h4-7,9H,3,8,13H2,1-2H3,(H,14,15). The fourth-order valence-electron chi connectivity index (χ4n) is 1.43. The number of hydrogen-bond acceptors (Lipinski definition) is 4. The number of nitrogens with one attached hydrogen (secondary N) is 1. The second-order valence-corrected chi connectivity index (χ2v) is 6.60. The molecule has 3 N–H and O–H groups in total. The second-order valence-electron chi connectivity index (χ2n) is 3.99. The number of carbonyl (C=O) groups is 1. The summed E-state index contributed by atoms with van der Waals surface area (Å²) in [4.78, 5) is 11.8. The number of rotatable bonds is 5. The minimum absolute atomic E-state index is 0.0512. The molecule has 0 aromatic heterocycles. The molecule has 0 saturated heterocycles. The van der Waals surface area contributed by atoms with Crippen LogP contribution in [0, 0.1) is 0 Å². The summed E-state index contributed by atoms with van der Waals surface area (Å²) < 4.78 is 23.1. The van der Waals surface area contributed by atoms with Crippen molar-refractivity contribution in [3.8, 4) is 0 Å². The number of sulfone groups is 1. The van der Waals surface area contributed by atoms with E-state index in [0.717, 1.165) is 5.56 Å². The summed E-state index contributed by atoms with van der Waals surface area (Å²) in [6, 6.07) is 7.02. The van der Waals surface area contributed by atoms with E-state index in [1.807, 2.05) is 6.07 Å². The van der Waals surface area contributed by atoms with Gasteiger partial charge in [0, 0.05) is 18.0 Å². The number of carbonyl (C=O) groups excluding carboxylic acids is 1. The number of amides is 1. The van der Waals surface area contributed by atoms with Gasteiger partial charge in [-0.3, -0.25) is 4.79 Å². The maximum Gasteiger partial charge on any atom is 0.242 e. The van der Waals surface area contributed by atoms with Crippen LogP contribution in [-0.2, 0) is 21.2 Å². The molecule has 1 amide bonds. The molecular weight excluding hydrogens is 252 g/mol. The lowest BCUT2D eigenvalue weighted by Gasteiger charge is -2.12. The highest BCUT2D eigenvalue weighted by Crippen LogP contribution is 2.12. The Hall–Kier alpha value is -1.40. The highest BCUT2D eigenvalue weighted by molar-refractivity contribution is 7.92. The van der Waals surface area contributed by atoms with Crippen LogP contribution in [0.3, 0.4) is 0 Å². The van der Waals surface area contributed by atoms with E-state index in [0.29, 0.717) is 12.2 Å². The lowest BCUT2D eigenvalue weighted by molar-refractivity contribution is -0.115. The Kier molecular flexibility index (Phi) is 4.86. The molecule has 1 rings (SSSR count). The summed E-state index contributed by atoms with van der Waals surface area (Å²) in [6.45, 7) is 3.28. The van der Waals surface area contributed by atoms with Gasteiger partial charge in [-0.1, -0.05) is 19.1 Å². The van der Waals surface area contributed by atoms with Crippen LogP contribution in [0.25, 0.3) is 0 Å². The van der Waals surface area contributed by atoms with Crippen LogP contribution in [0.4, 0.5) is 5.69 Å². The summed E-state index contributed by atoms with van der Waals surface area (Å²) in [5.74, 6) is -0.573. The third kappa shape index (κ3) is 3.54. The molecule has 6 heteroatoms. The zero-order valence-corrected chi connectivity index (χ0v) is 11.3. The monoisotopic (exact) mass is 270 g/mol. The lowest BCUT2D eigenvalue weighted by atomic mass is 10.2. The zero-order valence-electron chi connectivity index (χ0n) is 10.5. The first-order chi connectivity index (χ1) is 8.40. The van der Waals surface area contributed by atoms with Crippen LogP contribution < -0.4 is 11.1 Å². The Bertz CT molecular complexity index is 526.